The number of anilines is 1. The molecule has 0 saturated carbocycles. The zero-order valence-corrected chi connectivity index (χ0v) is 14.6. The molecule has 6 nitrogen and oxygen atoms in total. The molecule has 0 bridgehead atoms. The molecule has 0 aliphatic rings. The molecule has 27 heavy (non-hydrogen) atoms. The monoisotopic (exact) mass is 356 g/mol. The van der Waals surface area contributed by atoms with Gasteiger partial charge in [-0.15, -0.1) is 0 Å². The Bertz CT molecular complexity index is 1100. The first kappa shape index (κ1) is 16.7. The van der Waals surface area contributed by atoms with Crippen molar-refractivity contribution < 1.29 is 9.53 Å². The van der Waals surface area contributed by atoms with Gasteiger partial charge in [0.1, 0.15) is 11.4 Å². The number of hydrogen-bond donors (Lipinski definition) is 1. The van der Waals surface area contributed by atoms with Crippen molar-refractivity contribution in [2.45, 2.75) is 0 Å². The van der Waals surface area contributed by atoms with E-state index in [1.165, 1.54) is 0 Å². The van der Waals surface area contributed by atoms with E-state index in [9.17, 15) is 4.79 Å². The maximum absolute atomic E-state index is 13.0. The fourth-order valence-electron chi connectivity index (χ4n) is 2.80. The number of para-hydroxylation sites is 1. The lowest BCUT2D eigenvalue weighted by Gasteiger charge is -2.10. The lowest BCUT2D eigenvalue weighted by Crippen LogP contribution is -2.13. The van der Waals surface area contributed by atoms with Crippen LogP contribution < -0.4 is 10.1 Å². The summed E-state index contributed by atoms with van der Waals surface area (Å²) in [5, 5.41) is 3.70. The lowest BCUT2D eigenvalue weighted by molar-refractivity contribution is 0.102. The fraction of sp³-hybridized carbons (Fsp3) is 0.0476. The Balaban J connectivity index is 1.75. The van der Waals surface area contributed by atoms with E-state index in [2.05, 4.69) is 20.3 Å². The number of benzene rings is 2. The minimum Gasteiger partial charge on any atom is -0.497 e. The van der Waals surface area contributed by atoms with E-state index in [4.69, 9.17) is 4.74 Å². The molecule has 4 rings (SSSR count). The van der Waals surface area contributed by atoms with Gasteiger partial charge in [0.05, 0.1) is 30.1 Å². The summed E-state index contributed by atoms with van der Waals surface area (Å²) in [5.41, 5.74) is 3.14. The standard InChI is InChI=1S/C21H16N4O2/c1-27-15-8-6-14(7-9-15)24-21(26)17-12-19(20-13-22-10-11-23-20)25-18-5-3-2-4-16(17)18/h2-13H,1H3,(H,24,26). The summed E-state index contributed by atoms with van der Waals surface area (Å²) < 4.78 is 5.15. The average molecular weight is 356 g/mol. The zero-order valence-electron chi connectivity index (χ0n) is 14.6. The number of nitrogens with one attached hydrogen (secondary N) is 1. The van der Waals surface area contributed by atoms with Gasteiger partial charge in [-0.05, 0) is 36.4 Å². The van der Waals surface area contributed by atoms with Crippen LogP contribution in [0.5, 0.6) is 5.75 Å². The van der Waals surface area contributed by atoms with Gasteiger partial charge in [-0.3, -0.25) is 14.8 Å². The van der Waals surface area contributed by atoms with E-state index in [0.29, 0.717) is 22.6 Å². The van der Waals surface area contributed by atoms with Crippen LogP contribution in [0.1, 0.15) is 10.4 Å². The summed E-state index contributed by atoms with van der Waals surface area (Å²) in [6, 6.07) is 16.5. The van der Waals surface area contributed by atoms with Crippen LogP contribution in [0.25, 0.3) is 22.3 Å². The smallest absolute Gasteiger partial charge is 0.256 e. The van der Waals surface area contributed by atoms with Crippen molar-refractivity contribution in [1.29, 1.82) is 0 Å². The molecule has 0 spiro atoms. The van der Waals surface area contributed by atoms with Crippen LogP contribution in [0.4, 0.5) is 5.69 Å². The van der Waals surface area contributed by atoms with Gasteiger partial charge < -0.3 is 10.1 Å². The highest BCUT2D eigenvalue weighted by Crippen LogP contribution is 2.24. The summed E-state index contributed by atoms with van der Waals surface area (Å²) in [6.45, 7) is 0. The summed E-state index contributed by atoms with van der Waals surface area (Å²) in [6.07, 6.45) is 4.83. The van der Waals surface area contributed by atoms with E-state index in [0.717, 1.165) is 16.7 Å². The van der Waals surface area contributed by atoms with Crippen molar-refractivity contribution in [2.75, 3.05) is 12.4 Å². The Kier molecular flexibility index (Phi) is 4.45. The second-order valence-corrected chi connectivity index (χ2v) is 5.85. The number of amides is 1. The van der Waals surface area contributed by atoms with E-state index >= 15 is 0 Å². The van der Waals surface area contributed by atoms with Gasteiger partial charge in [-0.2, -0.15) is 0 Å². The molecule has 1 N–H and O–H groups in total. The third-order valence-corrected chi connectivity index (χ3v) is 4.13. The van der Waals surface area contributed by atoms with E-state index in [-0.39, 0.29) is 5.91 Å². The van der Waals surface area contributed by atoms with Crippen molar-refractivity contribution in [3.05, 3.63) is 78.8 Å². The summed E-state index contributed by atoms with van der Waals surface area (Å²) in [7, 11) is 1.60. The second-order valence-electron chi connectivity index (χ2n) is 5.85. The molecule has 0 saturated heterocycles. The van der Waals surface area contributed by atoms with Crippen LogP contribution in [0.3, 0.4) is 0 Å². The van der Waals surface area contributed by atoms with Crippen molar-refractivity contribution in [3.8, 4) is 17.1 Å². The molecular weight excluding hydrogens is 340 g/mol. The number of ether oxygens (including phenoxy) is 1. The van der Waals surface area contributed by atoms with Crippen molar-refractivity contribution in [2.24, 2.45) is 0 Å². The average Bonchev–Trinajstić information content (AvgIpc) is 2.74. The van der Waals surface area contributed by atoms with Crippen molar-refractivity contribution >= 4 is 22.5 Å². The number of pyridine rings is 1. The molecule has 132 valence electrons. The molecule has 0 fully saturated rings. The van der Waals surface area contributed by atoms with Gasteiger partial charge in [-0.1, -0.05) is 18.2 Å². The topological polar surface area (TPSA) is 77.0 Å². The highest BCUT2D eigenvalue weighted by Gasteiger charge is 2.15. The predicted molar refractivity (Wildman–Crippen MR) is 104 cm³/mol. The predicted octanol–water partition coefficient (Wildman–Crippen LogP) is 3.95. The van der Waals surface area contributed by atoms with E-state index < -0.39 is 0 Å². The minimum absolute atomic E-state index is 0.219. The van der Waals surface area contributed by atoms with Crippen LogP contribution >= 0.6 is 0 Å². The zero-order chi connectivity index (χ0) is 18.6. The quantitative estimate of drug-likeness (QED) is 0.599. The molecule has 0 radical (unpaired) electrons. The maximum atomic E-state index is 13.0. The Labute approximate surface area is 155 Å². The molecule has 6 heteroatoms. The SMILES string of the molecule is COc1ccc(NC(=O)c2cc(-c3cnccn3)nc3ccccc23)cc1. The first-order valence-electron chi connectivity index (χ1n) is 8.36. The van der Waals surface area contributed by atoms with Crippen LogP contribution in [-0.4, -0.2) is 28.0 Å². The number of carbonyl (C=O) groups excluding carboxylic acids is 1. The number of rotatable bonds is 4. The molecular formula is C21H16N4O2. The Morgan fingerprint density at radius 2 is 1.81 bits per heavy atom. The van der Waals surface area contributed by atoms with E-state index in [1.54, 1.807) is 56.0 Å². The third-order valence-electron chi connectivity index (χ3n) is 4.13. The molecule has 2 aromatic heterocycles. The maximum Gasteiger partial charge on any atom is 0.256 e. The molecule has 2 aromatic carbocycles. The molecule has 2 heterocycles. The normalized spacial score (nSPS) is 10.6. The highest BCUT2D eigenvalue weighted by atomic mass is 16.5. The van der Waals surface area contributed by atoms with Crippen molar-refractivity contribution in [1.82, 2.24) is 15.0 Å². The summed E-state index contributed by atoms with van der Waals surface area (Å²) >= 11 is 0. The second kappa shape index (κ2) is 7.21. The molecule has 0 aliphatic heterocycles. The third kappa shape index (κ3) is 3.46. The van der Waals surface area contributed by atoms with Crippen molar-refractivity contribution in [3.63, 3.8) is 0 Å². The Hall–Kier alpha value is -3.80. The number of fused-ring (bicyclic) bond motifs is 1. The fourth-order valence-corrected chi connectivity index (χ4v) is 2.80. The molecule has 4 aromatic rings. The van der Waals surface area contributed by atoms with Crippen LogP contribution in [0, 0.1) is 0 Å². The molecule has 0 aliphatic carbocycles. The number of methoxy groups -OCH3 is 1. The largest absolute Gasteiger partial charge is 0.497 e. The van der Waals surface area contributed by atoms with Crippen LogP contribution in [0.15, 0.2) is 73.2 Å². The Morgan fingerprint density at radius 1 is 1.00 bits per heavy atom. The summed E-state index contributed by atoms with van der Waals surface area (Å²) in [5.74, 6) is 0.510. The Morgan fingerprint density at radius 3 is 2.56 bits per heavy atom. The molecule has 0 unspecified atom stereocenters. The van der Waals surface area contributed by atoms with Gasteiger partial charge in [0.25, 0.3) is 5.91 Å². The summed E-state index contributed by atoms with van der Waals surface area (Å²) in [4.78, 5) is 26.0. The van der Waals surface area contributed by atoms with Crippen LogP contribution in [-0.2, 0) is 0 Å². The number of hydrogen-bond acceptors (Lipinski definition) is 5. The van der Waals surface area contributed by atoms with Gasteiger partial charge in [0, 0.05) is 23.5 Å². The van der Waals surface area contributed by atoms with Crippen LogP contribution in [0.2, 0.25) is 0 Å². The lowest BCUT2D eigenvalue weighted by atomic mass is 10.1. The minimum atomic E-state index is -0.219. The first-order valence-corrected chi connectivity index (χ1v) is 8.36. The molecule has 1 amide bonds. The number of aromatic nitrogens is 3. The van der Waals surface area contributed by atoms with Gasteiger partial charge in [0.15, 0.2) is 0 Å². The van der Waals surface area contributed by atoms with E-state index in [1.807, 2.05) is 24.3 Å². The van der Waals surface area contributed by atoms with Gasteiger partial charge in [0.2, 0.25) is 0 Å². The number of nitrogens with zero attached hydrogens (tertiary/aromatic N) is 3. The molecule has 0 atom stereocenters. The van der Waals surface area contributed by atoms with Gasteiger partial charge >= 0.3 is 0 Å². The first-order chi connectivity index (χ1) is 13.2. The highest BCUT2D eigenvalue weighted by molar-refractivity contribution is 6.13. The van der Waals surface area contributed by atoms with Gasteiger partial charge in [-0.25, -0.2) is 4.98 Å². The number of carbonyl (C=O) groups is 1.